The lowest BCUT2D eigenvalue weighted by molar-refractivity contribution is 0.0528. The van der Waals surface area contributed by atoms with Gasteiger partial charge in [0, 0.05) is 11.6 Å². The van der Waals surface area contributed by atoms with Gasteiger partial charge in [-0.1, -0.05) is 12.1 Å². The minimum Gasteiger partial charge on any atom is -0.462 e. The summed E-state index contributed by atoms with van der Waals surface area (Å²) in [6.45, 7) is 2.12. The van der Waals surface area contributed by atoms with Crippen molar-refractivity contribution < 1.29 is 9.53 Å². The number of nitrogens with zero attached hydrogens (tertiary/aromatic N) is 3. The number of fused-ring (bicyclic) bond motifs is 5. The van der Waals surface area contributed by atoms with E-state index in [2.05, 4.69) is 9.97 Å². The first kappa shape index (κ1) is 12.8. The second-order valence-corrected chi connectivity index (χ2v) is 4.95. The first-order valence-electron chi connectivity index (χ1n) is 7.11. The fraction of sp³-hybridized carbons (Fsp3) is 0.118. The van der Waals surface area contributed by atoms with Crippen molar-refractivity contribution in [1.29, 1.82) is 0 Å². The highest BCUT2D eigenvalue weighted by Gasteiger charge is 2.18. The Bertz CT molecular complexity index is 1020. The quantitative estimate of drug-likeness (QED) is 0.532. The molecule has 0 saturated heterocycles. The molecule has 0 fully saturated rings. The largest absolute Gasteiger partial charge is 0.462 e. The van der Waals surface area contributed by atoms with Crippen LogP contribution in [-0.2, 0) is 4.74 Å². The molecule has 0 bridgehead atoms. The van der Waals surface area contributed by atoms with E-state index in [1.807, 2.05) is 40.8 Å². The Morgan fingerprint density at radius 3 is 2.91 bits per heavy atom. The third-order valence-electron chi connectivity index (χ3n) is 3.63. The van der Waals surface area contributed by atoms with Crippen molar-refractivity contribution in [3.8, 4) is 0 Å². The maximum atomic E-state index is 12.3. The number of hydrogen-bond donors (Lipinski definition) is 0. The molecule has 0 radical (unpaired) electrons. The van der Waals surface area contributed by atoms with Crippen molar-refractivity contribution in [2.75, 3.05) is 6.61 Å². The van der Waals surface area contributed by atoms with E-state index in [0.717, 1.165) is 22.1 Å². The van der Waals surface area contributed by atoms with Gasteiger partial charge < -0.3 is 4.74 Å². The lowest BCUT2D eigenvalue weighted by atomic mass is 10.2. The van der Waals surface area contributed by atoms with Gasteiger partial charge in [0.05, 0.1) is 17.6 Å². The van der Waals surface area contributed by atoms with Crippen molar-refractivity contribution in [2.45, 2.75) is 6.92 Å². The van der Waals surface area contributed by atoms with Crippen molar-refractivity contribution in [3.63, 3.8) is 0 Å². The van der Waals surface area contributed by atoms with E-state index in [1.165, 1.54) is 0 Å². The van der Waals surface area contributed by atoms with Crippen LogP contribution >= 0.6 is 0 Å². The first-order valence-corrected chi connectivity index (χ1v) is 7.11. The van der Waals surface area contributed by atoms with Crippen molar-refractivity contribution in [3.05, 3.63) is 54.2 Å². The highest BCUT2D eigenvalue weighted by Crippen LogP contribution is 2.25. The molecular weight excluding hydrogens is 278 g/mol. The van der Waals surface area contributed by atoms with Crippen LogP contribution in [0.2, 0.25) is 0 Å². The van der Waals surface area contributed by atoms with Crippen LogP contribution in [0, 0.1) is 0 Å². The van der Waals surface area contributed by atoms with Gasteiger partial charge in [0.25, 0.3) is 0 Å². The molecule has 22 heavy (non-hydrogen) atoms. The number of carbonyl (C=O) groups excluding carboxylic acids is 1. The Balaban J connectivity index is 2.21. The smallest absolute Gasteiger partial charge is 0.341 e. The molecule has 1 aromatic carbocycles. The van der Waals surface area contributed by atoms with Crippen LogP contribution < -0.4 is 0 Å². The first-order chi connectivity index (χ1) is 10.8. The molecule has 3 aromatic heterocycles. The average molecular weight is 291 g/mol. The summed E-state index contributed by atoms with van der Waals surface area (Å²) in [4.78, 5) is 21.3. The number of aromatic nitrogens is 3. The van der Waals surface area contributed by atoms with Gasteiger partial charge in [-0.25, -0.2) is 14.8 Å². The summed E-state index contributed by atoms with van der Waals surface area (Å²) in [5.74, 6) is -0.367. The fourth-order valence-electron chi connectivity index (χ4n) is 2.71. The lowest BCUT2D eigenvalue weighted by Crippen LogP contribution is -2.08. The molecule has 0 N–H and O–H groups in total. The predicted molar refractivity (Wildman–Crippen MR) is 84.0 cm³/mol. The third kappa shape index (κ3) is 1.75. The van der Waals surface area contributed by atoms with Gasteiger partial charge in [-0.2, -0.15) is 0 Å². The van der Waals surface area contributed by atoms with Gasteiger partial charge in [-0.05, 0) is 37.3 Å². The van der Waals surface area contributed by atoms with Gasteiger partial charge in [0.15, 0.2) is 5.65 Å². The molecule has 0 spiro atoms. The molecule has 5 heteroatoms. The number of hydrogen-bond acceptors (Lipinski definition) is 4. The Kier molecular flexibility index (Phi) is 2.79. The lowest BCUT2D eigenvalue weighted by Gasteiger charge is -2.07. The molecule has 108 valence electrons. The van der Waals surface area contributed by atoms with Gasteiger partial charge in [0.2, 0.25) is 0 Å². The summed E-state index contributed by atoms with van der Waals surface area (Å²) in [5.41, 5.74) is 3.56. The van der Waals surface area contributed by atoms with Gasteiger partial charge in [0.1, 0.15) is 11.2 Å². The van der Waals surface area contributed by atoms with Crippen LogP contribution in [0.25, 0.3) is 27.7 Å². The maximum absolute atomic E-state index is 12.3. The number of rotatable bonds is 2. The summed E-state index contributed by atoms with van der Waals surface area (Å²) >= 11 is 0. The molecule has 5 nitrogen and oxygen atoms in total. The minimum atomic E-state index is -0.367. The number of ether oxygens (including phenoxy) is 1. The minimum absolute atomic E-state index is 0.330. The Morgan fingerprint density at radius 2 is 2.05 bits per heavy atom. The third-order valence-corrected chi connectivity index (χ3v) is 3.63. The van der Waals surface area contributed by atoms with Crippen molar-refractivity contribution in [1.82, 2.24) is 14.4 Å². The number of imidazole rings is 1. The standard InChI is InChI=1S/C17H13N3O2/c1-2-22-17(21)12-10-11-6-5-9-18-15(11)20-14-8-4-3-7-13(14)19-16(12)20/h3-10H,2H2,1H3. The molecule has 0 atom stereocenters. The highest BCUT2D eigenvalue weighted by molar-refractivity contribution is 6.02. The fourth-order valence-corrected chi connectivity index (χ4v) is 2.71. The van der Waals surface area contributed by atoms with E-state index in [1.54, 1.807) is 19.2 Å². The van der Waals surface area contributed by atoms with E-state index in [0.29, 0.717) is 17.8 Å². The van der Waals surface area contributed by atoms with Gasteiger partial charge in [-0.3, -0.25) is 4.40 Å². The second kappa shape index (κ2) is 4.80. The zero-order valence-electron chi connectivity index (χ0n) is 12.0. The molecule has 0 aliphatic carbocycles. The zero-order valence-corrected chi connectivity index (χ0v) is 12.0. The number of carbonyl (C=O) groups is 1. The number of benzene rings is 1. The number of esters is 1. The van der Waals surface area contributed by atoms with E-state index in [4.69, 9.17) is 4.74 Å². The van der Waals surface area contributed by atoms with Crippen LogP contribution in [0.15, 0.2) is 48.7 Å². The summed E-state index contributed by atoms with van der Waals surface area (Å²) in [6, 6.07) is 13.3. The van der Waals surface area contributed by atoms with Crippen LogP contribution in [-0.4, -0.2) is 26.9 Å². The molecule has 0 saturated carbocycles. The molecule has 4 rings (SSSR count). The van der Waals surface area contributed by atoms with Gasteiger partial charge in [-0.15, -0.1) is 0 Å². The Hall–Kier alpha value is -2.95. The molecule has 0 amide bonds. The van der Waals surface area contributed by atoms with Crippen LogP contribution in [0.3, 0.4) is 0 Å². The summed E-state index contributed by atoms with van der Waals surface area (Å²) < 4.78 is 7.08. The van der Waals surface area contributed by atoms with E-state index in [-0.39, 0.29) is 5.97 Å². The Labute approximate surface area is 126 Å². The average Bonchev–Trinajstić information content (AvgIpc) is 2.94. The summed E-state index contributed by atoms with van der Waals surface area (Å²) in [5, 5.41) is 0.876. The SMILES string of the molecule is CCOC(=O)c1cc2cccnc2n2c1nc1ccccc12. The van der Waals surface area contributed by atoms with Crippen LogP contribution in [0.1, 0.15) is 17.3 Å². The highest BCUT2D eigenvalue weighted by atomic mass is 16.5. The van der Waals surface area contributed by atoms with Crippen LogP contribution in [0.5, 0.6) is 0 Å². The molecule has 3 heterocycles. The van der Waals surface area contributed by atoms with E-state index < -0.39 is 0 Å². The van der Waals surface area contributed by atoms with E-state index >= 15 is 0 Å². The molecule has 4 aromatic rings. The molecule has 0 aliphatic rings. The van der Waals surface area contributed by atoms with Crippen molar-refractivity contribution >= 4 is 33.7 Å². The predicted octanol–water partition coefficient (Wildman–Crippen LogP) is 3.21. The van der Waals surface area contributed by atoms with Crippen molar-refractivity contribution in [2.24, 2.45) is 0 Å². The van der Waals surface area contributed by atoms with E-state index in [9.17, 15) is 4.79 Å². The topological polar surface area (TPSA) is 56.5 Å². The number of pyridine rings is 2. The number of para-hydroxylation sites is 2. The van der Waals surface area contributed by atoms with Gasteiger partial charge >= 0.3 is 5.97 Å². The monoisotopic (exact) mass is 291 g/mol. The van der Waals surface area contributed by atoms with Crippen LogP contribution in [0.4, 0.5) is 0 Å². The molecular formula is C17H13N3O2. The molecule has 0 aliphatic heterocycles. The molecule has 0 unspecified atom stereocenters. The summed E-state index contributed by atoms with van der Waals surface area (Å²) in [7, 11) is 0. The second-order valence-electron chi connectivity index (χ2n) is 4.95. The summed E-state index contributed by atoms with van der Waals surface area (Å²) in [6.07, 6.45) is 1.74. The maximum Gasteiger partial charge on any atom is 0.341 e. The normalized spacial score (nSPS) is 11.3. The zero-order chi connectivity index (χ0) is 15.1. The Morgan fingerprint density at radius 1 is 1.18 bits per heavy atom.